The van der Waals surface area contributed by atoms with Gasteiger partial charge < -0.3 is 10.4 Å². The highest BCUT2D eigenvalue weighted by Crippen LogP contribution is 2.11. The summed E-state index contributed by atoms with van der Waals surface area (Å²) in [5, 5.41) is 13.1. The van der Waals surface area contributed by atoms with Crippen LogP contribution in [0.1, 0.15) is 11.3 Å². The molecule has 0 saturated heterocycles. The van der Waals surface area contributed by atoms with Crippen LogP contribution in [0.4, 0.5) is 5.69 Å². The smallest absolute Gasteiger partial charge is 0.307 e. The van der Waals surface area contributed by atoms with Crippen LogP contribution in [0.2, 0.25) is 0 Å². The highest BCUT2D eigenvalue weighted by atomic mass is 32.1. The molecule has 2 N–H and O–H groups in total. The van der Waals surface area contributed by atoms with Gasteiger partial charge >= 0.3 is 10.8 Å². The maximum absolute atomic E-state index is 11.9. The Hall–Kier alpha value is -2.41. The number of anilines is 1. The van der Waals surface area contributed by atoms with Gasteiger partial charge in [0.1, 0.15) is 6.54 Å². The van der Waals surface area contributed by atoms with Crippen molar-refractivity contribution < 1.29 is 14.7 Å². The Bertz CT molecular complexity index is 733. The van der Waals surface area contributed by atoms with Crippen molar-refractivity contribution >= 4 is 28.9 Å². The Balaban J connectivity index is 2.06. The lowest BCUT2D eigenvalue weighted by atomic mass is 10.1. The van der Waals surface area contributed by atoms with Crippen LogP contribution in [0.25, 0.3) is 0 Å². The monoisotopic (exact) mass is 306 g/mol. The second-order valence-electron chi connectivity index (χ2n) is 4.55. The second kappa shape index (κ2) is 6.36. The average molecular weight is 306 g/mol. The first-order chi connectivity index (χ1) is 9.95. The average Bonchev–Trinajstić information content (AvgIpc) is 2.70. The number of amides is 1. The van der Waals surface area contributed by atoms with Crippen molar-refractivity contribution in [3.05, 3.63) is 50.6 Å². The molecule has 0 radical (unpaired) electrons. The molecule has 21 heavy (non-hydrogen) atoms. The summed E-state index contributed by atoms with van der Waals surface area (Å²) in [6.45, 7) is 1.70. The lowest BCUT2D eigenvalue weighted by molar-refractivity contribution is -0.136. The molecule has 0 aliphatic heterocycles. The molecule has 2 aromatic rings. The summed E-state index contributed by atoms with van der Waals surface area (Å²) in [6, 6.07) is 6.63. The van der Waals surface area contributed by atoms with E-state index in [1.165, 1.54) is 4.57 Å². The number of benzene rings is 1. The predicted octanol–water partition coefficient (Wildman–Crippen LogP) is 1.48. The quantitative estimate of drug-likeness (QED) is 0.876. The van der Waals surface area contributed by atoms with Crippen LogP contribution in [0.3, 0.4) is 0 Å². The van der Waals surface area contributed by atoms with Gasteiger partial charge in [-0.15, -0.1) is 0 Å². The molecule has 6 nitrogen and oxygen atoms in total. The van der Waals surface area contributed by atoms with Gasteiger partial charge in [0.2, 0.25) is 5.91 Å². The van der Waals surface area contributed by atoms with Crippen molar-refractivity contribution in [2.45, 2.75) is 19.9 Å². The van der Waals surface area contributed by atoms with E-state index < -0.39 is 5.97 Å². The topological polar surface area (TPSA) is 88.4 Å². The van der Waals surface area contributed by atoms with Crippen molar-refractivity contribution in [1.82, 2.24) is 4.57 Å². The largest absolute Gasteiger partial charge is 0.481 e. The number of nitrogens with zero attached hydrogens (tertiary/aromatic N) is 1. The Morgan fingerprint density at radius 1 is 1.38 bits per heavy atom. The molecule has 1 amide bonds. The summed E-state index contributed by atoms with van der Waals surface area (Å²) in [5.74, 6) is -1.26. The Morgan fingerprint density at radius 3 is 2.76 bits per heavy atom. The molecule has 110 valence electrons. The van der Waals surface area contributed by atoms with Crippen LogP contribution < -0.4 is 10.2 Å². The molecular formula is C14H14N2O4S. The molecule has 1 aromatic carbocycles. The van der Waals surface area contributed by atoms with E-state index in [4.69, 9.17) is 5.11 Å². The van der Waals surface area contributed by atoms with Crippen molar-refractivity contribution in [2.75, 3.05) is 5.32 Å². The Kier molecular flexibility index (Phi) is 4.54. The number of thiazole rings is 1. The molecule has 0 saturated carbocycles. The van der Waals surface area contributed by atoms with Gasteiger partial charge in [0.25, 0.3) is 0 Å². The Labute approximate surface area is 124 Å². The second-order valence-corrected chi connectivity index (χ2v) is 5.37. The van der Waals surface area contributed by atoms with E-state index in [2.05, 4.69) is 5.32 Å². The molecule has 7 heteroatoms. The van der Waals surface area contributed by atoms with E-state index in [9.17, 15) is 14.4 Å². The molecule has 1 heterocycles. The van der Waals surface area contributed by atoms with Crippen molar-refractivity contribution in [1.29, 1.82) is 0 Å². The lowest BCUT2D eigenvalue weighted by Crippen LogP contribution is -2.25. The fraction of sp³-hybridized carbons (Fsp3) is 0.214. The first-order valence-electron chi connectivity index (χ1n) is 6.21. The zero-order chi connectivity index (χ0) is 15.4. The number of aryl methyl sites for hydroxylation is 1. The fourth-order valence-corrected chi connectivity index (χ4v) is 2.61. The van der Waals surface area contributed by atoms with Gasteiger partial charge in [-0.3, -0.25) is 19.0 Å². The van der Waals surface area contributed by atoms with Crippen molar-refractivity contribution in [3.8, 4) is 0 Å². The molecular weight excluding hydrogens is 292 g/mol. The van der Waals surface area contributed by atoms with Crippen LogP contribution >= 0.6 is 11.3 Å². The number of rotatable bonds is 5. The zero-order valence-corrected chi connectivity index (χ0v) is 12.1. The first-order valence-corrected chi connectivity index (χ1v) is 7.09. The summed E-state index contributed by atoms with van der Waals surface area (Å²) in [7, 11) is 0. The van der Waals surface area contributed by atoms with Crippen LogP contribution in [0, 0.1) is 6.92 Å². The fourth-order valence-electron chi connectivity index (χ4n) is 1.87. The lowest BCUT2D eigenvalue weighted by Gasteiger charge is -2.08. The minimum absolute atomic E-state index is 0.0582. The normalized spacial score (nSPS) is 10.3. The molecule has 1 aromatic heterocycles. The number of hydrogen-bond acceptors (Lipinski definition) is 4. The zero-order valence-electron chi connectivity index (χ0n) is 11.3. The third-order valence-corrected chi connectivity index (χ3v) is 3.73. The van der Waals surface area contributed by atoms with Crippen molar-refractivity contribution in [3.63, 3.8) is 0 Å². The summed E-state index contributed by atoms with van der Waals surface area (Å²) >= 11 is 1.05. The third-order valence-electron chi connectivity index (χ3n) is 2.84. The Morgan fingerprint density at radius 2 is 2.14 bits per heavy atom. The molecule has 0 atom stereocenters. The van der Waals surface area contributed by atoms with Gasteiger partial charge in [0, 0.05) is 16.8 Å². The van der Waals surface area contributed by atoms with Gasteiger partial charge in [0.15, 0.2) is 0 Å². The number of carboxylic acids is 1. The van der Waals surface area contributed by atoms with Gasteiger partial charge in [0.05, 0.1) is 6.42 Å². The standard InChI is InChI=1S/C14H14N2O4S/c1-9-8-21-14(20)16(9)7-12(17)15-11-4-2-3-10(5-11)6-13(18)19/h2-5,8H,6-7H2,1H3,(H,15,17)(H,18,19). The van der Waals surface area contributed by atoms with Crippen molar-refractivity contribution in [2.24, 2.45) is 0 Å². The van der Waals surface area contributed by atoms with Crippen LogP contribution in [0.5, 0.6) is 0 Å². The van der Waals surface area contributed by atoms with Gasteiger partial charge in [-0.05, 0) is 24.6 Å². The highest BCUT2D eigenvalue weighted by Gasteiger charge is 2.09. The SMILES string of the molecule is Cc1csc(=O)n1CC(=O)Nc1cccc(CC(=O)O)c1. The molecule has 0 unspecified atom stereocenters. The minimum Gasteiger partial charge on any atom is -0.481 e. The third kappa shape index (κ3) is 4.03. The number of aliphatic carboxylic acids is 1. The first kappa shape index (κ1) is 15.0. The van der Waals surface area contributed by atoms with E-state index in [1.807, 2.05) is 0 Å². The number of carbonyl (C=O) groups is 2. The molecule has 0 spiro atoms. The molecule has 2 rings (SSSR count). The summed E-state index contributed by atoms with van der Waals surface area (Å²) in [6.07, 6.45) is -0.104. The highest BCUT2D eigenvalue weighted by molar-refractivity contribution is 7.07. The minimum atomic E-state index is -0.932. The summed E-state index contributed by atoms with van der Waals surface area (Å²) < 4.78 is 1.39. The van der Waals surface area contributed by atoms with Gasteiger partial charge in [-0.25, -0.2) is 0 Å². The molecule has 0 fully saturated rings. The predicted molar refractivity (Wildman–Crippen MR) is 79.7 cm³/mol. The number of aromatic nitrogens is 1. The molecule has 0 aliphatic carbocycles. The molecule has 0 aliphatic rings. The van der Waals surface area contributed by atoms with E-state index in [0.29, 0.717) is 11.3 Å². The van der Waals surface area contributed by atoms with Crippen LogP contribution in [-0.4, -0.2) is 21.6 Å². The number of nitrogens with one attached hydrogen (secondary N) is 1. The van der Waals surface area contributed by atoms with E-state index in [-0.39, 0.29) is 23.7 Å². The van der Waals surface area contributed by atoms with Crippen LogP contribution in [-0.2, 0) is 22.6 Å². The number of carboxylic acid groups (broad SMARTS) is 1. The maximum Gasteiger partial charge on any atom is 0.307 e. The van der Waals surface area contributed by atoms with E-state index >= 15 is 0 Å². The van der Waals surface area contributed by atoms with Crippen LogP contribution in [0.15, 0.2) is 34.4 Å². The summed E-state index contributed by atoms with van der Waals surface area (Å²) in [5.41, 5.74) is 1.85. The number of carbonyl (C=O) groups excluding carboxylic acids is 1. The maximum atomic E-state index is 11.9. The number of hydrogen-bond donors (Lipinski definition) is 2. The van der Waals surface area contributed by atoms with Gasteiger partial charge in [-0.1, -0.05) is 23.5 Å². The van der Waals surface area contributed by atoms with E-state index in [1.54, 1.807) is 36.6 Å². The van der Waals surface area contributed by atoms with Gasteiger partial charge in [-0.2, -0.15) is 0 Å². The molecule has 0 bridgehead atoms. The summed E-state index contributed by atoms with van der Waals surface area (Å²) in [4.78, 5) is 34.0. The van der Waals surface area contributed by atoms with E-state index in [0.717, 1.165) is 17.0 Å².